The first kappa shape index (κ1) is 21.5. The van der Waals surface area contributed by atoms with E-state index in [2.05, 4.69) is 15.1 Å². The van der Waals surface area contributed by atoms with Crippen molar-refractivity contribution < 1.29 is 22.1 Å². The van der Waals surface area contributed by atoms with Crippen LogP contribution in [0.2, 0.25) is 0 Å². The second-order valence-electron chi connectivity index (χ2n) is 7.23. The van der Waals surface area contributed by atoms with Gasteiger partial charge in [-0.25, -0.2) is 17.1 Å². The van der Waals surface area contributed by atoms with Crippen molar-refractivity contribution >= 4 is 32.3 Å². The maximum atomic E-state index is 15.0. The van der Waals surface area contributed by atoms with Crippen LogP contribution in [0.4, 0.5) is 15.9 Å². The molecule has 0 aliphatic heterocycles. The standard InChI is InChI=1S/C24H17FN4O4S/c1-32-23-14-20(25)19(21-4-2-3-9-27-21)13-22(23)29(24-8-11-33-28-24)34(30,31)18-6-5-17-15-26-10-7-16(17)12-18/h2-15H,1H3. The number of ether oxygens (including phenoxy) is 1. The van der Waals surface area contributed by atoms with Crippen LogP contribution in [0.1, 0.15) is 0 Å². The molecule has 0 unspecified atom stereocenters. The first-order chi connectivity index (χ1) is 16.5. The Morgan fingerprint density at radius 2 is 1.88 bits per heavy atom. The number of pyridine rings is 2. The SMILES string of the molecule is COc1cc(F)c(-c2ccccn2)cc1N(c1ccon1)S(=O)(=O)c1ccc2cnccc2c1. The van der Waals surface area contributed by atoms with Gasteiger partial charge in [-0.3, -0.25) is 9.97 Å². The lowest BCUT2D eigenvalue weighted by molar-refractivity contribution is 0.411. The molecule has 170 valence electrons. The van der Waals surface area contributed by atoms with Crippen LogP contribution in [0.3, 0.4) is 0 Å². The number of benzene rings is 2. The first-order valence-corrected chi connectivity index (χ1v) is 11.5. The molecular weight excluding hydrogens is 459 g/mol. The van der Waals surface area contributed by atoms with E-state index < -0.39 is 15.8 Å². The molecule has 8 nitrogen and oxygen atoms in total. The number of methoxy groups -OCH3 is 1. The molecule has 0 bridgehead atoms. The van der Waals surface area contributed by atoms with Crippen molar-refractivity contribution in [1.29, 1.82) is 0 Å². The molecule has 10 heteroatoms. The topological polar surface area (TPSA) is 98.4 Å². The number of aromatic nitrogens is 3. The largest absolute Gasteiger partial charge is 0.494 e. The molecule has 0 fully saturated rings. The van der Waals surface area contributed by atoms with Crippen LogP contribution in [0.5, 0.6) is 5.75 Å². The van der Waals surface area contributed by atoms with Crippen molar-refractivity contribution in [3.8, 4) is 17.0 Å². The number of halogens is 1. The molecule has 3 aromatic heterocycles. The fourth-order valence-corrected chi connectivity index (χ4v) is 5.07. The zero-order chi connectivity index (χ0) is 23.7. The van der Waals surface area contributed by atoms with Crippen LogP contribution < -0.4 is 9.04 Å². The molecule has 5 rings (SSSR count). The normalized spacial score (nSPS) is 11.5. The van der Waals surface area contributed by atoms with Gasteiger partial charge in [-0.15, -0.1) is 0 Å². The average Bonchev–Trinajstić information content (AvgIpc) is 3.39. The zero-order valence-electron chi connectivity index (χ0n) is 17.8. The Kier molecular flexibility index (Phi) is 5.42. The number of rotatable bonds is 6. The van der Waals surface area contributed by atoms with Crippen LogP contribution in [-0.4, -0.2) is 30.7 Å². The van der Waals surface area contributed by atoms with E-state index in [1.165, 1.54) is 43.8 Å². The van der Waals surface area contributed by atoms with E-state index >= 15 is 0 Å². The number of fused-ring (bicyclic) bond motifs is 1. The molecule has 0 saturated carbocycles. The lowest BCUT2D eigenvalue weighted by Crippen LogP contribution is -2.27. The summed E-state index contributed by atoms with van der Waals surface area (Å²) in [5, 5.41) is 5.32. The fourth-order valence-electron chi connectivity index (χ4n) is 3.60. The highest BCUT2D eigenvalue weighted by molar-refractivity contribution is 7.93. The third-order valence-corrected chi connectivity index (χ3v) is 6.92. The van der Waals surface area contributed by atoms with E-state index in [0.717, 1.165) is 15.8 Å². The van der Waals surface area contributed by atoms with Crippen LogP contribution in [-0.2, 0) is 10.0 Å². The minimum Gasteiger partial charge on any atom is -0.494 e. The van der Waals surface area contributed by atoms with E-state index in [1.807, 2.05) is 0 Å². The fraction of sp³-hybridized carbons (Fsp3) is 0.0417. The van der Waals surface area contributed by atoms with E-state index in [-0.39, 0.29) is 27.7 Å². The van der Waals surface area contributed by atoms with Crippen molar-refractivity contribution in [2.75, 3.05) is 11.4 Å². The number of sulfonamides is 1. The van der Waals surface area contributed by atoms with Gasteiger partial charge in [-0.05, 0) is 41.8 Å². The molecule has 0 aliphatic carbocycles. The second kappa shape index (κ2) is 8.56. The highest BCUT2D eigenvalue weighted by Crippen LogP contribution is 2.41. The summed E-state index contributed by atoms with van der Waals surface area (Å²) in [7, 11) is -2.92. The molecule has 0 saturated heterocycles. The van der Waals surface area contributed by atoms with Crippen molar-refractivity contribution in [2.24, 2.45) is 0 Å². The summed E-state index contributed by atoms with van der Waals surface area (Å²) in [6.45, 7) is 0. The summed E-state index contributed by atoms with van der Waals surface area (Å²) in [6, 6.07) is 15.3. The van der Waals surface area contributed by atoms with Gasteiger partial charge >= 0.3 is 0 Å². The monoisotopic (exact) mass is 476 g/mol. The van der Waals surface area contributed by atoms with Gasteiger partial charge in [0.2, 0.25) is 0 Å². The quantitative estimate of drug-likeness (QED) is 0.342. The van der Waals surface area contributed by atoms with Gasteiger partial charge in [-0.2, -0.15) is 0 Å². The van der Waals surface area contributed by atoms with Crippen LogP contribution in [0, 0.1) is 5.82 Å². The molecule has 0 amide bonds. The van der Waals surface area contributed by atoms with Gasteiger partial charge in [0.25, 0.3) is 10.0 Å². The van der Waals surface area contributed by atoms with Crippen molar-refractivity contribution in [2.45, 2.75) is 4.90 Å². The maximum absolute atomic E-state index is 15.0. The first-order valence-electron chi connectivity index (χ1n) is 10.1. The van der Waals surface area contributed by atoms with Crippen LogP contribution in [0.25, 0.3) is 22.0 Å². The average molecular weight is 476 g/mol. The summed E-state index contributed by atoms with van der Waals surface area (Å²) < 4.78 is 54.1. The number of nitrogens with zero attached hydrogens (tertiary/aromatic N) is 4. The molecule has 0 spiro atoms. The molecule has 3 heterocycles. The van der Waals surface area contributed by atoms with Gasteiger partial charge in [0.05, 0.1) is 17.7 Å². The highest BCUT2D eigenvalue weighted by Gasteiger charge is 2.32. The summed E-state index contributed by atoms with van der Waals surface area (Å²) >= 11 is 0. The Bertz CT molecular complexity index is 1580. The highest BCUT2D eigenvalue weighted by atomic mass is 32.2. The zero-order valence-corrected chi connectivity index (χ0v) is 18.6. The van der Waals surface area contributed by atoms with Gasteiger partial charge < -0.3 is 9.26 Å². The van der Waals surface area contributed by atoms with Crippen LogP contribution >= 0.6 is 0 Å². The smallest absolute Gasteiger partial charge is 0.270 e. The molecule has 2 aromatic carbocycles. The van der Waals surface area contributed by atoms with E-state index in [4.69, 9.17) is 9.26 Å². The Balaban J connectivity index is 1.75. The number of hydrogen-bond acceptors (Lipinski definition) is 7. The van der Waals surface area contributed by atoms with Gasteiger partial charge in [-0.1, -0.05) is 17.3 Å². The minimum absolute atomic E-state index is 0.0000332. The van der Waals surface area contributed by atoms with Gasteiger partial charge in [0.15, 0.2) is 5.82 Å². The van der Waals surface area contributed by atoms with Crippen molar-refractivity contribution in [3.05, 3.63) is 91.3 Å². The Morgan fingerprint density at radius 3 is 2.62 bits per heavy atom. The van der Waals surface area contributed by atoms with Crippen molar-refractivity contribution in [1.82, 2.24) is 15.1 Å². The molecule has 0 radical (unpaired) electrons. The van der Waals surface area contributed by atoms with Crippen LogP contribution in [0.15, 0.2) is 94.9 Å². The lowest BCUT2D eigenvalue weighted by Gasteiger charge is -2.24. The Labute approximate surface area is 194 Å². The minimum atomic E-state index is -4.25. The number of anilines is 2. The summed E-state index contributed by atoms with van der Waals surface area (Å²) in [5.74, 6) is -0.643. The second-order valence-corrected chi connectivity index (χ2v) is 9.02. The third kappa shape index (κ3) is 3.73. The molecule has 0 aliphatic rings. The third-order valence-electron chi connectivity index (χ3n) is 5.21. The van der Waals surface area contributed by atoms with E-state index in [0.29, 0.717) is 11.1 Å². The summed E-state index contributed by atoms with van der Waals surface area (Å²) in [5.41, 5.74) is 0.484. The van der Waals surface area contributed by atoms with Gasteiger partial charge in [0.1, 0.15) is 23.5 Å². The predicted molar refractivity (Wildman–Crippen MR) is 124 cm³/mol. The van der Waals surface area contributed by atoms with Gasteiger partial charge in [0, 0.05) is 41.7 Å². The van der Waals surface area contributed by atoms with Crippen molar-refractivity contribution in [3.63, 3.8) is 0 Å². The maximum Gasteiger partial charge on any atom is 0.270 e. The molecular formula is C24H17FN4O4S. The summed E-state index contributed by atoms with van der Waals surface area (Å²) in [4.78, 5) is 8.25. The molecule has 0 atom stereocenters. The van der Waals surface area contributed by atoms with E-state index in [1.54, 1.807) is 42.7 Å². The Hall–Kier alpha value is -4.31. The molecule has 34 heavy (non-hydrogen) atoms. The predicted octanol–water partition coefficient (Wildman–Crippen LogP) is 4.96. The Morgan fingerprint density at radius 1 is 1.00 bits per heavy atom. The molecule has 0 N–H and O–H groups in total. The van der Waals surface area contributed by atoms with E-state index in [9.17, 15) is 12.8 Å². The number of hydrogen-bond donors (Lipinski definition) is 0. The lowest BCUT2D eigenvalue weighted by atomic mass is 10.1. The molecule has 5 aromatic rings. The summed E-state index contributed by atoms with van der Waals surface area (Å²) in [6.07, 6.45) is 5.99.